The molecule has 54 nitrogen and oxygen atoms in total. The van der Waals surface area contributed by atoms with Crippen molar-refractivity contribution in [2.45, 2.75) is 233 Å². The normalized spacial score (nSPS) is 15.5. The highest BCUT2D eigenvalue weighted by Gasteiger charge is 2.43. The second-order valence-corrected chi connectivity index (χ2v) is 32.9. The lowest BCUT2D eigenvalue weighted by molar-refractivity contribution is -0.142. The number of benzene rings is 3. The van der Waals surface area contributed by atoms with Gasteiger partial charge in [0.25, 0.3) is 0 Å². The number of amides is 19. The van der Waals surface area contributed by atoms with Crippen LogP contribution in [0.25, 0.3) is 0 Å². The minimum atomic E-state index is -2.32. The number of primary amides is 3. The SMILES string of the molecule is CC[C@H](C)[C@H](NC(=O)[C@@H](N)CCCNC(=N)N)C(=O)N[C@@H](Cc1ccc(O)cc1)C(=O)N1CCC[C@H]1C(=O)NCC(=O)N[C@@H](CC(N)=O)C(=O)N[C@@H](CO)C(=O)N[C@@H](CC(=O)O)C(=O)N[C@H](C(=O)N[C@@H](CO)C(=O)N[C@@H](Cc1ccc(O)cc1)C(=O)N[C@@H](CC(N)=O)C(=O)N[C@@H](CCC(N)=O)C(=O)N[C@@H](CCCCN)C(=O)N[C@@H](Cc1ccccc1)C(=O)N[C@@H](CCC(=O)O)C(=O)NCC(=O)O)[C@@H](C)O. The number of nitrogens with one attached hydrogen (secondary N) is 17. The van der Waals surface area contributed by atoms with E-state index in [4.69, 9.17) is 39.8 Å². The Morgan fingerprint density at radius 3 is 1.30 bits per heavy atom. The highest BCUT2D eigenvalue weighted by atomic mass is 16.4. The molecular weight excluding hydrogens is 1850 g/mol. The minimum Gasteiger partial charge on any atom is -0.508 e. The molecule has 1 fully saturated rings. The molecule has 37 N–H and O–H groups in total. The largest absolute Gasteiger partial charge is 0.508 e. The highest BCUT2D eigenvalue weighted by molar-refractivity contribution is 6.03. The van der Waals surface area contributed by atoms with Gasteiger partial charge in [-0.05, 0) is 118 Å². The third-order valence-corrected chi connectivity index (χ3v) is 21.7. The Balaban J connectivity index is 1.53. The van der Waals surface area contributed by atoms with E-state index in [1.54, 1.807) is 44.2 Å². The van der Waals surface area contributed by atoms with Crippen molar-refractivity contribution >= 4 is 136 Å². The van der Waals surface area contributed by atoms with Crippen molar-refractivity contribution < 1.29 is 146 Å². The lowest BCUT2D eigenvalue weighted by Gasteiger charge is -2.31. The number of hydrogen-bond donors (Lipinski definition) is 31. The maximum atomic E-state index is 14.6. The molecule has 3 aromatic rings. The number of hydrogen-bond acceptors (Lipinski definition) is 30. The van der Waals surface area contributed by atoms with Crippen LogP contribution < -0.4 is 119 Å². The van der Waals surface area contributed by atoms with Gasteiger partial charge in [-0.2, -0.15) is 0 Å². The van der Waals surface area contributed by atoms with Crippen LogP contribution in [0.3, 0.4) is 0 Å². The fourth-order valence-corrected chi connectivity index (χ4v) is 14.0. The topological polar surface area (TPSA) is 913 Å². The van der Waals surface area contributed by atoms with Crippen molar-refractivity contribution in [2.24, 2.45) is 40.3 Å². The summed E-state index contributed by atoms with van der Waals surface area (Å²) in [6.45, 7) is -0.127. The van der Waals surface area contributed by atoms with Crippen LogP contribution in [0.5, 0.6) is 11.5 Å². The molecule has 17 atom stereocenters. The standard InChI is InChI=1S/C86H126N24O30/c1-4-42(2)69(108-71(126)49(88)14-10-30-94-86(92)93)83(138)105-58(34-46-19-23-48(115)24-20-46)85(140)110-31-11-16-61(110)82(137)95-38-65(119)97-55(35-63(90)117)77(132)106-59(40-111)80(135)104-57(37-67(122)123)79(134)109-70(43(3)113)84(139)107-60(41-112)81(136)102-54(33-45-17-21-47(114)22-18-45)76(131)103-56(36-64(91)118)78(133)100-52(25-27-62(89)116)74(129)98-50(15-8-9-29-87)73(128)101-53(32-44-12-6-5-7-13-44)75(130)99-51(26-28-66(120)121)72(127)96-39-68(124)125/h5-7,12-13,17-24,42-43,49-61,69-70,111-115H,4,8-11,14-16,25-41,87-88H2,1-3H3,(H2,89,116)(H2,90,117)(H2,91,118)(H,95,137)(H,96,127)(H,97,119)(H,98,129)(H,99,130)(H,100,133)(H,101,128)(H,102,136)(H,103,131)(H,104,135)(H,105,138)(H,106,132)(H,107,139)(H,108,126)(H,109,134)(H,120,121)(H,122,123)(H,124,125)(H4,92,93,94)/t42-,43+,49-,50-,51-,52-,53-,54-,55-,56-,57-,58-,59-,60-,61-,69-,70-/m0/s1. The minimum absolute atomic E-state index is 0.0150. The van der Waals surface area contributed by atoms with Crippen LogP contribution in [-0.4, -0.2) is 325 Å². The lowest BCUT2D eigenvalue weighted by Crippen LogP contribution is -2.63. The molecule has 0 radical (unpaired) electrons. The van der Waals surface area contributed by atoms with Crippen LogP contribution in [0.15, 0.2) is 78.9 Å². The fraction of sp³-hybridized carbons (Fsp3) is 0.523. The molecule has 0 bridgehead atoms. The summed E-state index contributed by atoms with van der Waals surface area (Å²) in [6.07, 6.45) is -8.15. The van der Waals surface area contributed by atoms with Gasteiger partial charge in [0, 0.05) is 45.2 Å². The van der Waals surface area contributed by atoms with Gasteiger partial charge in [0.05, 0.1) is 51.2 Å². The molecule has 1 saturated heterocycles. The number of phenols is 2. The number of nitrogens with zero attached hydrogens (tertiary/aromatic N) is 1. The zero-order chi connectivity index (χ0) is 105. The number of guanidine groups is 1. The summed E-state index contributed by atoms with van der Waals surface area (Å²) in [5.74, 6) is -28.9. The van der Waals surface area contributed by atoms with E-state index in [0.29, 0.717) is 24.0 Å². The van der Waals surface area contributed by atoms with Crippen LogP contribution in [0.1, 0.15) is 134 Å². The zero-order valence-corrected chi connectivity index (χ0v) is 77.0. The van der Waals surface area contributed by atoms with Crippen molar-refractivity contribution in [3.05, 3.63) is 95.6 Å². The van der Waals surface area contributed by atoms with E-state index in [1.807, 2.05) is 26.6 Å². The predicted molar refractivity (Wildman–Crippen MR) is 488 cm³/mol. The molecule has 3 aromatic carbocycles. The summed E-state index contributed by atoms with van der Waals surface area (Å²) < 4.78 is 0. The number of unbranched alkanes of at least 4 members (excludes halogenated alkanes) is 1. The molecule has 1 aliphatic heterocycles. The number of aliphatic hydroxyl groups excluding tert-OH is 3. The van der Waals surface area contributed by atoms with E-state index in [0.717, 1.165) is 24.0 Å². The van der Waals surface area contributed by atoms with Gasteiger partial charge < -0.3 is 165 Å². The Bertz CT molecular complexity index is 4840. The molecule has 1 heterocycles. The number of likely N-dealkylation sites (tertiary alicyclic amines) is 1. The van der Waals surface area contributed by atoms with Gasteiger partial charge >= 0.3 is 17.9 Å². The number of carboxylic acids is 3. The molecule has 1 aliphatic rings. The van der Waals surface area contributed by atoms with Crippen molar-refractivity contribution in [3.8, 4) is 11.5 Å². The Hall–Kier alpha value is -15.3. The molecule has 0 aliphatic carbocycles. The van der Waals surface area contributed by atoms with Gasteiger partial charge in [-0.3, -0.25) is 111 Å². The second kappa shape index (κ2) is 59.6. The molecule has 0 saturated carbocycles. The number of rotatable bonds is 63. The molecule has 0 spiro atoms. The number of aliphatic carboxylic acids is 3. The van der Waals surface area contributed by atoms with Crippen molar-refractivity contribution in [2.75, 3.05) is 45.9 Å². The number of nitrogens with two attached hydrogens (primary N) is 6. The summed E-state index contributed by atoms with van der Waals surface area (Å²) in [6, 6.07) is -8.82. The Labute approximate surface area is 801 Å². The van der Waals surface area contributed by atoms with E-state index in [9.17, 15) is 146 Å². The number of phenolic OH excluding ortho intramolecular Hbond substituents is 2. The van der Waals surface area contributed by atoms with Crippen molar-refractivity contribution in [3.63, 3.8) is 0 Å². The number of carboxylic acid groups (broad SMARTS) is 3. The van der Waals surface area contributed by atoms with Gasteiger partial charge in [0.2, 0.25) is 112 Å². The molecule has 0 aromatic heterocycles. The molecular formula is C86H126N24O30. The third kappa shape index (κ3) is 41.7. The van der Waals surface area contributed by atoms with Crippen LogP contribution in [-0.2, 0) is 125 Å². The number of carbonyl (C=O) groups excluding carboxylic acids is 19. The summed E-state index contributed by atoms with van der Waals surface area (Å²) in [7, 11) is 0. The number of aromatic hydroxyl groups is 2. The Morgan fingerprint density at radius 2 is 0.829 bits per heavy atom. The summed E-state index contributed by atoms with van der Waals surface area (Å²) in [4.78, 5) is 299. The number of carbonyl (C=O) groups is 22. The zero-order valence-electron chi connectivity index (χ0n) is 77.0. The highest BCUT2D eigenvalue weighted by Crippen LogP contribution is 2.23. The smallest absolute Gasteiger partial charge is 0.322 e. The van der Waals surface area contributed by atoms with Gasteiger partial charge in [-0.15, -0.1) is 0 Å². The average Bonchev–Trinajstić information content (AvgIpc) is 1.44. The Kier molecular flexibility index (Phi) is 49.8. The van der Waals surface area contributed by atoms with E-state index in [-0.39, 0.29) is 94.0 Å². The molecule has 4 rings (SSSR count). The third-order valence-electron chi connectivity index (χ3n) is 21.7. The predicted octanol–water partition coefficient (Wildman–Crippen LogP) is -11.8. The monoisotopic (exact) mass is 1970 g/mol. The summed E-state index contributed by atoms with van der Waals surface area (Å²) >= 11 is 0. The quantitative estimate of drug-likeness (QED) is 0.0142. The van der Waals surface area contributed by atoms with Gasteiger partial charge in [-0.1, -0.05) is 74.9 Å². The lowest BCUT2D eigenvalue weighted by atomic mass is 9.96. The van der Waals surface area contributed by atoms with Crippen LogP contribution >= 0.6 is 0 Å². The first-order valence-electron chi connectivity index (χ1n) is 44.4. The van der Waals surface area contributed by atoms with Gasteiger partial charge in [0.1, 0.15) is 103 Å². The molecule has 0 unspecified atom stereocenters. The van der Waals surface area contributed by atoms with Crippen LogP contribution in [0.4, 0.5) is 0 Å². The fourth-order valence-electron chi connectivity index (χ4n) is 14.0. The first-order valence-corrected chi connectivity index (χ1v) is 44.4. The molecule has 19 amide bonds. The molecule has 140 heavy (non-hydrogen) atoms. The molecule has 54 heteroatoms. The average molecular weight is 1980 g/mol. The van der Waals surface area contributed by atoms with E-state index >= 15 is 0 Å². The maximum absolute atomic E-state index is 14.6. The number of aliphatic hydroxyl groups is 3. The van der Waals surface area contributed by atoms with E-state index in [1.165, 1.54) is 36.4 Å². The van der Waals surface area contributed by atoms with Crippen molar-refractivity contribution in [1.29, 1.82) is 5.41 Å². The van der Waals surface area contributed by atoms with Crippen LogP contribution in [0.2, 0.25) is 0 Å². The van der Waals surface area contributed by atoms with E-state index in [2.05, 4.69) is 58.5 Å². The van der Waals surface area contributed by atoms with E-state index < -0.39 is 310 Å². The van der Waals surface area contributed by atoms with Crippen LogP contribution in [0, 0.1) is 11.3 Å². The summed E-state index contributed by atoms with van der Waals surface area (Å²) in [5.41, 5.74) is 34.6. The van der Waals surface area contributed by atoms with Crippen molar-refractivity contribution in [1.82, 2.24) is 90.0 Å². The Morgan fingerprint density at radius 1 is 0.414 bits per heavy atom. The van der Waals surface area contributed by atoms with Gasteiger partial charge in [-0.25, -0.2) is 0 Å². The first kappa shape index (κ1) is 117. The molecule has 770 valence electrons. The second-order valence-electron chi connectivity index (χ2n) is 32.9. The maximum Gasteiger partial charge on any atom is 0.322 e. The van der Waals surface area contributed by atoms with Gasteiger partial charge in [0.15, 0.2) is 5.96 Å². The first-order chi connectivity index (χ1) is 66.1. The summed E-state index contributed by atoms with van der Waals surface area (Å²) in [5, 5.41) is 124.